The fourth-order valence-corrected chi connectivity index (χ4v) is 4.89. The first kappa shape index (κ1) is 22.4. The van der Waals surface area contributed by atoms with Crippen molar-refractivity contribution in [2.45, 2.75) is 19.4 Å². The summed E-state index contributed by atoms with van der Waals surface area (Å²) in [4.78, 5) is 37.1. The summed E-state index contributed by atoms with van der Waals surface area (Å²) in [5, 5.41) is 3.89. The zero-order chi connectivity index (χ0) is 23.7. The average Bonchev–Trinajstić information content (AvgIpc) is 3.17. The number of hydrogen-bond donors (Lipinski definition) is 1. The van der Waals surface area contributed by atoms with Crippen LogP contribution in [0.1, 0.15) is 16.7 Å². The largest absolute Gasteiger partial charge is 0.325 e. The molecule has 2 aliphatic rings. The van der Waals surface area contributed by atoms with Gasteiger partial charge in [-0.15, -0.1) is 0 Å². The van der Waals surface area contributed by atoms with Crippen molar-refractivity contribution in [3.05, 3.63) is 94.5 Å². The maximum Gasteiger partial charge on any atom is 0.259 e. The molecule has 3 aromatic rings. The highest BCUT2D eigenvalue weighted by Crippen LogP contribution is 2.34. The van der Waals surface area contributed by atoms with Crippen molar-refractivity contribution >= 4 is 57.6 Å². The lowest BCUT2D eigenvalue weighted by Gasteiger charge is -2.25. The minimum atomic E-state index is -0.530. The van der Waals surface area contributed by atoms with E-state index in [1.54, 1.807) is 17.0 Å². The van der Waals surface area contributed by atoms with Crippen LogP contribution in [0.4, 0.5) is 11.4 Å². The average molecular weight is 489 g/mol. The normalized spacial score (nSPS) is 16.5. The number of carbonyl (C=O) groups is 2. The van der Waals surface area contributed by atoms with Crippen molar-refractivity contribution in [3.8, 4) is 0 Å². The maximum absolute atomic E-state index is 13.4. The third-order valence-electron chi connectivity index (χ3n) is 5.63. The van der Waals surface area contributed by atoms with Gasteiger partial charge in [0.05, 0.1) is 11.4 Å². The molecule has 2 heterocycles. The molecule has 5 rings (SSSR count). The predicted octanol–water partition coefficient (Wildman–Crippen LogP) is 5.22. The molecule has 0 bridgehead atoms. The van der Waals surface area contributed by atoms with Crippen LogP contribution >= 0.6 is 23.4 Å². The highest BCUT2D eigenvalue weighted by Gasteiger charge is 2.41. The van der Waals surface area contributed by atoms with Gasteiger partial charge in [-0.1, -0.05) is 71.9 Å². The van der Waals surface area contributed by atoms with Crippen LogP contribution in [0.5, 0.6) is 0 Å². The summed E-state index contributed by atoms with van der Waals surface area (Å²) in [7, 11) is 0. The zero-order valence-electron chi connectivity index (χ0n) is 18.4. The molecule has 0 radical (unpaired) electrons. The summed E-state index contributed by atoms with van der Waals surface area (Å²) < 4.78 is 0. The molecular formula is C26H21ClN4O2S. The molecule has 0 spiro atoms. The van der Waals surface area contributed by atoms with Gasteiger partial charge in [-0.2, -0.15) is 0 Å². The van der Waals surface area contributed by atoms with Gasteiger partial charge in [-0.05, 0) is 42.3 Å². The Morgan fingerprint density at radius 2 is 1.85 bits per heavy atom. The maximum atomic E-state index is 13.4. The molecule has 170 valence electrons. The Balaban J connectivity index is 1.37. The fourth-order valence-electron chi connectivity index (χ4n) is 3.91. The summed E-state index contributed by atoms with van der Waals surface area (Å²) in [6, 6.07) is 22.3. The number of amidine groups is 2. The fraction of sp³-hybridized carbons (Fsp3) is 0.154. The van der Waals surface area contributed by atoms with Crippen molar-refractivity contribution in [2.75, 3.05) is 11.1 Å². The molecular weight excluding hydrogens is 468 g/mol. The van der Waals surface area contributed by atoms with Gasteiger partial charge in [0, 0.05) is 22.7 Å². The van der Waals surface area contributed by atoms with E-state index in [1.807, 2.05) is 67.6 Å². The van der Waals surface area contributed by atoms with E-state index in [-0.39, 0.29) is 17.6 Å². The number of nitrogens with one attached hydrogen (secondary N) is 1. The Morgan fingerprint density at radius 3 is 2.68 bits per heavy atom. The molecule has 0 saturated carbocycles. The van der Waals surface area contributed by atoms with Crippen molar-refractivity contribution in [3.63, 3.8) is 0 Å². The number of thioether (sulfide) groups is 1. The smallest absolute Gasteiger partial charge is 0.259 e. The summed E-state index contributed by atoms with van der Waals surface area (Å²) >= 11 is 7.28. The first-order valence-corrected chi connectivity index (χ1v) is 12.2. The number of halogens is 1. The molecule has 2 amide bonds. The molecule has 8 heteroatoms. The van der Waals surface area contributed by atoms with Gasteiger partial charge >= 0.3 is 0 Å². The van der Waals surface area contributed by atoms with Crippen molar-refractivity contribution in [1.82, 2.24) is 4.90 Å². The Morgan fingerprint density at radius 1 is 1.09 bits per heavy atom. The molecule has 2 aliphatic heterocycles. The van der Waals surface area contributed by atoms with Crippen LogP contribution < -0.4 is 5.32 Å². The third kappa shape index (κ3) is 4.49. The van der Waals surface area contributed by atoms with E-state index >= 15 is 0 Å². The predicted molar refractivity (Wildman–Crippen MR) is 138 cm³/mol. The number of benzene rings is 3. The lowest BCUT2D eigenvalue weighted by atomic mass is 10.1. The quantitative estimate of drug-likeness (QED) is 0.535. The van der Waals surface area contributed by atoms with Gasteiger partial charge < -0.3 is 5.32 Å². The standard InChI is InChI=1S/C26H21ClN4O2S/c1-16-11-12-18(27)14-21(16)28-23(32)15-34-26-30-20-10-6-5-9-19(20)24-29-22(25(33)31(24)26)13-17-7-3-2-4-8-17/h2-12,14,22H,13,15H2,1H3,(H,28,32)/t22-/m1/s1. The van der Waals surface area contributed by atoms with Crippen molar-refractivity contribution < 1.29 is 9.59 Å². The van der Waals surface area contributed by atoms with Gasteiger partial charge in [-0.25, -0.2) is 9.89 Å². The Bertz CT molecular complexity index is 1340. The molecule has 0 aliphatic carbocycles. The molecule has 6 nitrogen and oxygen atoms in total. The molecule has 3 aromatic carbocycles. The second-order valence-corrected chi connectivity index (χ2v) is 9.42. The van der Waals surface area contributed by atoms with Gasteiger partial charge in [0.15, 0.2) is 5.17 Å². The second-order valence-electron chi connectivity index (χ2n) is 8.04. The lowest BCUT2D eigenvalue weighted by molar-refractivity contribution is -0.124. The van der Waals surface area contributed by atoms with Crippen LogP contribution in [-0.2, 0) is 16.0 Å². The molecule has 1 N–H and O–H groups in total. The number of para-hydroxylation sites is 1. The molecule has 0 unspecified atom stereocenters. The number of nitrogens with zero attached hydrogens (tertiary/aromatic N) is 3. The van der Waals surface area contributed by atoms with Crippen LogP contribution in [0, 0.1) is 6.92 Å². The topological polar surface area (TPSA) is 74.1 Å². The van der Waals surface area contributed by atoms with Gasteiger partial charge in [0.2, 0.25) is 5.91 Å². The Labute approximate surface area is 206 Å². The van der Waals surface area contributed by atoms with Crippen LogP contribution in [0.15, 0.2) is 82.8 Å². The van der Waals surface area contributed by atoms with Crippen LogP contribution in [-0.4, -0.2) is 39.5 Å². The third-order valence-corrected chi connectivity index (χ3v) is 6.80. The van der Waals surface area contributed by atoms with E-state index in [0.29, 0.717) is 28.1 Å². The van der Waals surface area contributed by atoms with E-state index in [2.05, 4.69) is 5.32 Å². The first-order valence-electron chi connectivity index (χ1n) is 10.8. The summed E-state index contributed by atoms with van der Waals surface area (Å²) in [5.41, 5.74) is 4.17. The number of carbonyl (C=O) groups excluding carboxylic acids is 2. The monoisotopic (exact) mass is 488 g/mol. The van der Waals surface area contributed by atoms with Gasteiger partial charge in [0.1, 0.15) is 11.9 Å². The number of amides is 2. The van der Waals surface area contributed by atoms with Gasteiger partial charge in [-0.3, -0.25) is 14.6 Å². The van der Waals surface area contributed by atoms with Crippen molar-refractivity contribution in [1.29, 1.82) is 0 Å². The summed E-state index contributed by atoms with van der Waals surface area (Å²) in [6.07, 6.45) is 0.508. The molecule has 0 aromatic heterocycles. The SMILES string of the molecule is Cc1ccc(Cl)cc1NC(=O)CSC1=Nc2ccccc2C2=N[C@H](Cc3ccccc3)C(=O)N12. The lowest BCUT2D eigenvalue weighted by Crippen LogP contribution is -2.41. The van der Waals surface area contributed by atoms with Crippen LogP contribution in [0.25, 0.3) is 0 Å². The van der Waals surface area contributed by atoms with E-state index in [4.69, 9.17) is 21.6 Å². The number of aliphatic imine (C=N–C) groups is 2. The Kier molecular flexibility index (Phi) is 6.22. The Hall–Kier alpha value is -3.42. The second kappa shape index (κ2) is 9.44. The number of fused-ring (bicyclic) bond motifs is 3. The first-order chi connectivity index (χ1) is 16.5. The molecule has 0 saturated heterocycles. The van der Waals surface area contributed by atoms with E-state index < -0.39 is 6.04 Å². The number of rotatable bonds is 5. The highest BCUT2D eigenvalue weighted by atomic mass is 35.5. The van der Waals surface area contributed by atoms with Crippen molar-refractivity contribution in [2.24, 2.45) is 9.98 Å². The van der Waals surface area contributed by atoms with E-state index in [0.717, 1.165) is 22.4 Å². The van der Waals surface area contributed by atoms with E-state index in [1.165, 1.54) is 11.8 Å². The minimum Gasteiger partial charge on any atom is -0.325 e. The number of anilines is 1. The highest BCUT2D eigenvalue weighted by molar-refractivity contribution is 8.14. The van der Waals surface area contributed by atoms with E-state index in [9.17, 15) is 9.59 Å². The number of aryl methyl sites for hydroxylation is 1. The molecule has 34 heavy (non-hydrogen) atoms. The number of hydrogen-bond acceptors (Lipinski definition) is 5. The molecule has 0 fully saturated rings. The van der Waals surface area contributed by atoms with Crippen LogP contribution in [0.3, 0.4) is 0 Å². The molecule has 1 atom stereocenters. The van der Waals surface area contributed by atoms with Crippen LogP contribution in [0.2, 0.25) is 5.02 Å². The summed E-state index contributed by atoms with van der Waals surface area (Å²) in [5.74, 6) is 0.339. The summed E-state index contributed by atoms with van der Waals surface area (Å²) in [6.45, 7) is 1.90. The minimum absolute atomic E-state index is 0.0906. The van der Waals surface area contributed by atoms with Gasteiger partial charge in [0.25, 0.3) is 5.91 Å². The zero-order valence-corrected chi connectivity index (χ0v) is 19.9.